The van der Waals surface area contributed by atoms with Gasteiger partial charge in [0.05, 0.1) is 6.61 Å². The second kappa shape index (κ2) is 8.89. The first-order valence-electron chi connectivity index (χ1n) is 6.85. The number of thiocarbonyl (C=S) groups is 1. The molecule has 0 amide bonds. The van der Waals surface area contributed by atoms with Crippen LogP contribution in [0.4, 0.5) is 0 Å². The lowest BCUT2D eigenvalue weighted by atomic mass is 10.2. The van der Waals surface area contributed by atoms with Crippen molar-refractivity contribution in [3.63, 3.8) is 0 Å². The maximum Gasteiger partial charge on any atom is 0.119 e. The second-order valence-corrected chi connectivity index (χ2v) is 5.64. The highest BCUT2D eigenvalue weighted by Crippen LogP contribution is 2.13. The van der Waals surface area contributed by atoms with Crippen LogP contribution in [0.3, 0.4) is 0 Å². The van der Waals surface area contributed by atoms with E-state index in [1.807, 2.05) is 24.3 Å². The van der Waals surface area contributed by atoms with E-state index in [1.165, 1.54) is 0 Å². The molecule has 20 heavy (non-hydrogen) atoms. The smallest absolute Gasteiger partial charge is 0.119 e. The van der Waals surface area contributed by atoms with Crippen LogP contribution in [0.25, 0.3) is 0 Å². The van der Waals surface area contributed by atoms with Gasteiger partial charge in [-0.2, -0.15) is 0 Å². The number of ether oxygens (including phenoxy) is 1. The van der Waals surface area contributed by atoms with Crippen LogP contribution in [0.1, 0.15) is 12.0 Å². The molecule has 112 valence electrons. The Labute approximate surface area is 127 Å². The normalized spacial score (nSPS) is 11.1. The van der Waals surface area contributed by atoms with Gasteiger partial charge in [0.2, 0.25) is 0 Å². The average Bonchev–Trinajstić information content (AvgIpc) is 2.41. The van der Waals surface area contributed by atoms with E-state index in [-0.39, 0.29) is 0 Å². The first-order chi connectivity index (χ1) is 9.49. The number of likely N-dealkylation sites (N-methyl/N-ethyl adjacent to an activating group) is 2. The molecule has 2 N–H and O–H groups in total. The fourth-order valence-electron chi connectivity index (χ4n) is 1.75. The third kappa shape index (κ3) is 6.84. The molecule has 1 aromatic carbocycles. The number of nitrogens with zero attached hydrogens (tertiary/aromatic N) is 2. The standard InChI is InChI=1S/C15H25N3OS/c1-17(2)9-10-18(3)8-5-11-19-14-7-4-6-13(12-14)15(16)20/h4,6-7,12H,5,8-11H2,1-3H3,(H2,16,20). The minimum Gasteiger partial charge on any atom is -0.494 e. The van der Waals surface area contributed by atoms with Crippen molar-refractivity contribution in [2.75, 3.05) is 47.4 Å². The first kappa shape index (κ1) is 16.9. The predicted octanol–water partition coefficient (Wildman–Crippen LogP) is 1.58. The largest absolute Gasteiger partial charge is 0.494 e. The number of rotatable bonds is 9. The van der Waals surface area contributed by atoms with Gasteiger partial charge in [-0.1, -0.05) is 24.4 Å². The summed E-state index contributed by atoms with van der Waals surface area (Å²) in [5, 5.41) is 0. The minimum atomic E-state index is 0.402. The molecule has 0 aromatic heterocycles. The Morgan fingerprint density at radius 2 is 1.95 bits per heavy atom. The molecule has 0 aliphatic heterocycles. The highest BCUT2D eigenvalue weighted by atomic mass is 32.1. The zero-order valence-corrected chi connectivity index (χ0v) is 13.4. The Bertz CT molecular complexity index is 423. The zero-order chi connectivity index (χ0) is 15.0. The van der Waals surface area contributed by atoms with Crippen molar-refractivity contribution >= 4 is 17.2 Å². The molecule has 0 saturated heterocycles. The number of benzene rings is 1. The summed E-state index contributed by atoms with van der Waals surface area (Å²) >= 11 is 4.95. The van der Waals surface area contributed by atoms with Crippen molar-refractivity contribution in [3.8, 4) is 5.75 Å². The fraction of sp³-hybridized carbons (Fsp3) is 0.533. The van der Waals surface area contributed by atoms with E-state index >= 15 is 0 Å². The number of hydrogen-bond donors (Lipinski definition) is 1. The van der Waals surface area contributed by atoms with Crippen LogP contribution < -0.4 is 10.5 Å². The van der Waals surface area contributed by atoms with Crippen LogP contribution in [0, 0.1) is 0 Å². The van der Waals surface area contributed by atoms with Gasteiger partial charge in [-0.25, -0.2) is 0 Å². The molecular formula is C15H25N3OS. The first-order valence-corrected chi connectivity index (χ1v) is 7.26. The van der Waals surface area contributed by atoms with Crippen LogP contribution in [-0.4, -0.2) is 62.2 Å². The summed E-state index contributed by atoms with van der Waals surface area (Å²) in [5.41, 5.74) is 6.45. The maximum atomic E-state index is 5.72. The van der Waals surface area contributed by atoms with Crippen molar-refractivity contribution in [3.05, 3.63) is 29.8 Å². The van der Waals surface area contributed by atoms with Crippen LogP contribution >= 0.6 is 12.2 Å². The zero-order valence-electron chi connectivity index (χ0n) is 12.6. The highest BCUT2D eigenvalue weighted by Gasteiger charge is 2.01. The van der Waals surface area contributed by atoms with Crippen molar-refractivity contribution in [1.29, 1.82) is 0 Å². The molecule has 4 nitrogen and oxygen atoms in total. The Balaban J connectivity index is 2.24. The summed E-state index contributed by atoms with van der Waals surface area (Å²) in [5.74, 6) is 0.825. The fourth-order valence-corrected chi connectivity index (χ4v) is 1.87. The summed E-state index contributed by atoms with van der Waals surface area (Å²) in [6, 6.07) is 7.62. The summed E-state index contributed by atoms with van der Waals surface area (Å²) in [6.45, 7) is 3.88. The van der Waals surface area contributed by atoms with E-state index < -0.39 is 0 Å². The summed E-state index contributed by atoms with van der Waals surface area (Å²) in [7, 11) is 6.31. The summed E-state index contributed by atoms with van der Waals surface area (Å²) in [6.07, 6.45) is 1.00. The Kier molecular flexibility index (Phi) is 7.51. The SMILES string of the molecule is CN(C)CCN(C)CCCOc1cccc(C(N)=S)c1. The molecule has 0 heterocycles. The molecule has 5 heteroatoms. The van der Waals surface area contributed by atoms with Gasteiger partial charge in [0.1, 0.15) is 10.7 Å². The van der Waals surface area contributed by atoms with Crippen molar-refractivity contribution in [1.82, 2.24) is 9.80 Å². The number of nitrogens with two attached hydrogens (primary N) is 1. The quantitative estimate of drug-likeness (QED) is 0.553. The topological polar surface area (TPSA) is 41.7 Å². The third-order valence-electron chi connectivity index (χ3n) is 3.00. The Hall–Kier alpha value is -1.17. The van der Waals surface area contributed by atoms with E-state index in [4.69, 9.17) is 22.7 Å². The van der Waals surface area contributed by atoms with Crippen LogP contribution in [0.15, 0.2) is 24.3 Å². The average molecular weight is 295 g/mol. The number of hydrogen-bond acceptors (Lipinski definition) is 4. The molecule has 0 spiro atoms. The van der Waals surface area contributed by atoms with Gasteiger partial charge in [0.15, 0.2) is 0 Å². The molecule has 0 aliphatic carbocycles. The lowest BCUT2D eigenvalue weighted by Crippen LogP contribution is -2.29. The third-order valence-corrected chi connectivity index (χ3v) is 3.24. The molecule has 0 fully saturated rings. The molecule has 0 radical (unpaired) electrons. The molecule has 0 aliphatic rings. The van der Waals surface area contributed by atoms with Crippen LogP contribution in [0.5, 0.6) is 5.75 Å². The van der Waals surface area contributed by atoms with Gasteiger partial charge in [0, 0.05) is 25.2 Å². The molecule has 1 rings (SSSR count). The van der Waals surface area contributed by atoms with Crippen molar-refractivity contribution in [2.45, 2.75) is 6.42 Å². The van der Waals surface area contributed by atoms with E-state index in [0.717, 1.165) is 37.4 Å². The Morgan fingerprint density at radius 1 is 1.20 bits per heavy atom. The van der Waals surface area contributed by atoms with Gasteiger partial charge in [-0.15, -0.1) is 0 Å². The van der Waals surface area contributed by atoms with Crippen LogP contribution in [0.2, 0.25) is 0 Å². The van der Waals surface area contributed by atoms with Gasteiger partial charge in [0.25, 0.3) is 0 Å². The Morgan fingerprint density at radius 3 is 2.60 bits per heavy atom. The molecular weight excluding hydrogens is 270 g/mol. The minimum absolute atomic E-state index is 0.402. The van der Waals surface area contributed by atoms with Crippen LogP contribution in [-0.2, 0) is 0 Å². The van der Waals surface area contributed by atoms with E-state index in [0.29, 0.717) is 11.6 Å². The molecule has 0 atom stereocenters. The maximum absolute atomic E-state index is 5.72. The van der Waals surface area contributed by atoms with Crippen molar-refractivity contribution in [2.24, 2.45) is 5.73 Å². The van der Waals surface area contributed by atoms with Gasteiger partial charge >= 0.3 is 0 Å². The van der Waals surface area contributed by atoms with Crippen molar-refractivity contribution < 1.29 is 4.74 Å². The lowest BCUT2D eigenvalue weighted by molar-refractivity contribution is 0.245. The van der Waals surface area contributed by atoms with E-state index in [1.54, 1.807) is 0 Å². The van der Waals surface area contributed by atoms with Gasteiger partial charge < -0.3 is 20.3 Å². The van der Waals surface area contributed by atoms with E-state index in [9.17, 15) is 0 Å². The molecule has 0 bridgehead atoms. The highest BCUT2D eigenvalue weighted by molar-refractivity contribution is 7.80. The molecule has 1 aromatic rings. The molecule has 0 saturated carbocycles. The van der Waals surface area contributed by atoms with Gasteiger partial charge in [-0.3, -0.25) is 0 Å². The lowest BCUT2D eigenvalue weighted by Gasteiger charge is -2.19. The van der Waals surface area contributed by atoms with E-state index in [2.05, 4.69) is 30.9 Å². The molecule has 0 unspecified atom stereocenters. The summed E-state index contributed by atoms with van der Waals surface area (Å²) in [4.78, 5) is 4.90. The summed E-state index contributed by atoms with van der Waals surface area (Å²) < 4.78 is 5.72. The predicted molar refractivity (Wildman–Crippen MR) is 88.5 cm³/mol. The monoisotopic (exact) mass is 295 g/mol. The second-order valence-electron chi connectivity index (χ2n) is 5.20. The van der Waals surface area contributed by atoms with Gasteiger partial charge in [-0.05, 0) is 39.7 Å².